The van der Waals surface area contributed by atoms with Crippen molar-refractivity contribution in [2.75, 3.05) is 6.61 Å². The lowest BCUT2D eigenvalue weighted by Gasteiger charge is -2.31. The van der Waals surface area contributed by atoms with Crippen molar-refractivity contribution in [2.24, 2.45) is 5.84 Å². The molecule has 0 aromatic heterocycles. The third-order valence-corrected chi connectivity index (χ3v) is 3.13. The summed E-state index contributed by atoms with van der Waals surface area (Å²) < 4.78 is 5.63. The van der Waals surface area contributed by atoms with Gasteiger partial charge in [-0.15, -0.1) is 6.58 Å². The Bertz CT molecular complexity index is 365. The highest BCUT2D eigenvalue weighted by atomic mass is 16.5. The van der Waals surface area contributed by atoms with Crippen LogP contribution in [-0.2, 0) is 0 Å². The van der Waals surface area contributed by atoms with E-state index in [2.05, 4.69) is 18.1 Å². The number of hydrazine groups is 1. The number of ether oxygens (including phenoxy) is 1. The van der Waals surface area contributed by atoms with Gasteiger partial charge in [0.25, 0.3) is 0 Å². The molecule has 1 aliphatic heterocycles. The van der Waals surface area contributed by atoms with Crippen LogP contribution in [0, 0.1) is 0 Å². The van der Waals surface area contributed by atoms with E-state index >= 15 is 0 Å². The second-order valence-corrected chi connectivity index (χ2v) is 4.08. The molecule has 3 nitrogen and oxygen atoms in total. The zero-order chi connectivity index (χ0) is 11.4. The van der Waals surface area contributed by atoms with Gasteiger partial charge in [-0.2, -0.15) is 0 Å². The maximum Gasteiger partial charge on any atom is 0.122 e. The fourth-order valence-electron chi connectivity index (χ4n) is 2.32. The summed E-state index contributed by atoms with van der Waals surface area (Å²) >= 11 is 0. The molecule has 1 heterocycles. The highest BCUT2D eigenvalue weighted by Crippen LogP contribution is 2.36. The number of nitrogens with two attached hydrogens (primary N) is 1. The van der Waals surface area contributed by atoms with Crippen molar-refractivity contribution in [1.82, 2.24) is 5.43 Å². The lowest BCUT2D eigenvalue weighted by Crippen LogP contribution is -2.41. The standard InChI is InChI=1S/C13H18N2O/c1-2-5-12(15-14)10-8-9-16-13-7-4-3-6-11(10)13/h2-4,6-7,10,12,15H,1,5,8-9,14H2. The molecule has 1 aliphatic rings. The van der Waals surface area contributed by atoms with E-state index in [1.54, 1.807) is 0 Å². The predicted molar refractivity (Wildman–Crippen MR) is 65.2 cm³/mol. The third kappa shape index (κ3) is 2.10. The molecule has 0 spiro atoms. The van der Waals surface area contributed by atoms with Crippen LogP contribution in [0.5, 0.6) is 5.75 Å². The van der Waals surface area contributed by atoms with Crippen molar-refractivity contribution in [3.63, 3.8) is 0 Å². The molecule has 0 saturated heterocycles. The maximum absolute atomic E-state index is 5.63. The SMILES string of the molecule is C=CCC(NN)C1CCOc2ccccc21. The van der Waals surface area contributed by atoms with E-state index in [-0.39, 0.29) is 6.04 Å². The zero-order valence-corrected chi connectivity index (χ0v) is 9.36. The minimum absolute atomic E-state index is 0.238. The van der Waals surface area contributed by atoms with Gasteiger partial charge in [-0.3, -0.25) is 11.3 Å². The second kappa shape index (κ2) is 5.14. The lowest BCUT2D eigenvalue weighted by atomic mass is 9.85. The minimum Gasteiger partial charge on any atom is -0.493 e. The Labute approximate surface area is 96.3 Å². The van der Waals surface area contributed by atoms with Gasteiger partial charge in [0.15, 0.2) is 0 Å². The van der Waals surface area contributed by atoms with Gasteiger partial charge in [0.1, 0.15) is 5.75 Å². The summed E-state index contributed by atoms with van der Waals surface area (Å²) in [5, 5.41) is 0. The molecule has 0 amide bonds. The van der Waals surface area contributed by atoms with Crippen molar-refractivity contribution in [1.29, 1.82) is 0 Å². The number of benzene rings is 1. The Kier molecular flexibility index (Phi) is 3.59. The van der Waals surface area contributed by atoms with Crippen LogP contribution in [0.2, 0.25) is 0 Å². The normalized spacial score (nSPS) is 20.7. The number of nitrogens with one attached hydrogen (secondary N) is 1. The van der Waals surface area contributed by atoms with Crippen LogP contribution in [0.1, 0.15) is 24.3 Å². The van der Waals surface area contributed by atoms with Gasteiger partial charge in [-0.1, -0.05) is 24.3 Å². The van der Waals surface area contributed by atoms with Gasteiger partial charge in [0.2, 0.25) is 0 Å². The number of fused-ring (bicyclic) bond motifs is 1. The summed E-state index contributed by atoms with van der Waals surface area (Å²) in [6.07, 6.45) is 3.78. The van der Waals surface area contributed by atoms with Crippen molar-refractivity contribution in [3.05, 3.63) is 42.5 Å². The van der Waals surface area contributed by atoms with Gasteiger partial charge in [0, 0.05) is 12.0 Å². The van der Waals surface area contributed by atoms with Gasteiger partial charge >= 0.3 is 0 Å². The second-order valence-electron chi connectivity index (χ2n) is 4.08. The molecule has 86 valence electrons. The summed E-state index contributed by atoms with van der Waals surface area (Å²) in [6.45, 7) is 4.53. The smallest absolute Gasteiger partial charge is 0.122 e. The number of hydrogen-bond acceptors (Lipinski definition) is 3. The molecule has 1 aromatic rings. The quantitative estimate of drug-likeness (QED) is 0.461. The average Bonchev–Trinajstić information content (AvgIpc) is 2.35. The van der Waals surface area contributed by atoms with Crippen LogP contribution in [0.4, 0.5) is 0 Å². The van der Waals surface area contributed by atoms with Crippen molar-refractivity contribution >= 4 is 0 Å². The Hall–Kier alpha value is -1.32. The number of para-hydroxylation sites is 1. The Morgan fingerprint density at radius 2 is 2.38 bits per heavy atom. The molecule has 0 saturated carbocycles. The van der Waals surface area contributed by atoms with Crippen LogP contribution < -0.4 is 16.0 Å². The van der Waals surface area contributed by atoms with E-state index < -0.39 is 0 Å². The summed E-state index contributed by atoms with van der Waals surface area (Å²) in [4.78, 5) is 0. The molecule has 2 unspecified atom stereocenters. The molecule has 2 rings (SSSR count). The van der Waals surface area contributed by atoms with Crippen molar-refractivity contribution in [2.45, 2.75) is 24.8 Å². The van der Waals surface area contributed by atoms with E-state index in [1.165, 1.54) is 5.56 Å². The molecule has 16 heavy (non-hydrogen) atoms. The number of rotatable bonds is 4. The zero-order valence-electron chi connectivity index (χ0n) is 9.36. The third-order valence-electron chi connectivity index (χ3n) is 3.13. The van der Waals surface area contributed by atoms with Gasteiger partial charge in [-0.05, 0) is 24.5 Å². The maximum atomic E-state index is 5.63. The molecule has 3 N–H and O–H groups in total. The summed E-state index contributed by atoms with van der Waals surface area (Å²) in [6, 6.07) is 8.42. The first-order chi connectivity index (χ1) is 7.86. The van der Waals surface area contributed by atoms with Crippen LogP contribution in [0.15, 0.2) is 36.9 Å². The first-order valence-electron chi connectivity index (χ1n) is 5.65. The fraction of sp³-hybridized carbons (Fsp3) is 0.385. The molecule has 0 aliphatic carbocycles. The topological polar surface area (TPSA) is 47.3 Å². The number of hydrogen-bond donors (Lipinski definition) is 2. The predicted octanol–water partition coefficient (Wildman–Crippen LogP) is 1.96. The lowest BCUT2D eigenvalue weighted by molar-refractivity contribution is 0.245. The van der Waals surface area contributed by atoms with Gasteiger partial charge < -0.3 is 4.74 Å². The molecule has 1 aromatic carbocycles. The van der Waals surface area contributed by atoms with E-state index in [9.17, 15) is 0 Å². The molecule has 3 heteroatoms. The molecule has 0 radical (unpaired) electrons. The Morgan fingerprint density at radius 3 is 3.12 bits per heavy atom. The van der Waals surface area contributed by atoms with Crippen LogP contribution in [0.3, 0.4) is 0 Å². The van der Waals surface area contributed by atoms with Crippen LogP contribution in [-0.4, -0.2) is 12.6 Å². The summed E-state index contributed by atoms with van der Waals surface area (Å²) in [5.74, 6) is 7.01. The van der Waals surface area contributed by atoms with Crippen molar-refractivity contribution < 1.29 is 4.74 Å². The fourth-order valence-corrected chi connectivity index (χ4v) is 2.32. The van der Waals surface area contributed by atoms with Crippen LogP contribution in [0.25, 0.3) is 0 Å². The first kappa shape index (κ1) is 11.2. The monoisotopic (exact) mass is 218 g/mol. The Balaban J connectivity index is 2.26. The van der Waals surface area contributed by atoms with E-state index in [1.807, 2.05) is 24.3 Å². The molecule has 2 atom stereocenters. The highest BCUT2D eigenvalue weighted by Gasteiger charge is 2.27. The molecule has 0 bridgehead atoms. The van der Waals surface area contributed by atoms with Crippen molar-refractivity contribution in [3.8, 4) is 5.75 Å². The summed E-state index contributed by atoms with van der Waals surface area (Å²) in [5.41, 5.74) is 4.14. The first-order valence-corrected chi connectivity index (χ1v) is 5.65. The van der Waals surface area contributed by atoms with E-state index in [0.29, 0.717) is 5.92 Å². The van der Waals surface area contributed by atoms with Gasteiger partial charge in [-0.25, -0.2) is 0 Å². The molecular weight excluding hydrogens is 200 g/mol. The largest absolute Gasteiger partial charge is 0.493 e. The van der Waals surface area contributed by atoms with Crippen LogP contribution >= 0.6 is 0 Å². The van der Waals surface area contributed by atoms with E-state index in [4.69, 9.17) is 10.6 Å². The minimum atomic E-state index is 0.238. The van der Waals surface area contributed by atoms with Gasteiger partial charge in [0.05, 0.1) is 6.61 Å². The summed E-state index contributed by atoms with van der Waals surface area (Å²) in [7, 11) is 0. The average molecular weight is 218 g/mol. The van der Waals surface area contributed by atoms with E-state index in [0.717, 1.165) is 25.2 Å². The molecule has 0 fully saturated rings. The molecular formula is C13H18N2O. The Morgan fingerprint density at radius 1 is 1.56 bits per heavy atom. The highest BCUT2D eigenvalue weighted by molar-refractivity contribution is 5.38.